The number of rotatable bonds is 6. The first-order chi connectivity index (χ1) is 8.26. The van der Waals surface area contributed by atoms with Crippen molar-refractivity contribution in [1.82, 2.24) is 5.32 Å². The van der Waals surface area contributed by atoms with Crippen LogP contribution in [0, 0.1) is 5.82 Å². The highest BCUT2D eigenvalue weighted by Gasteiger charge is 2.29. The zero-order valence-electron chi connectivity index (χ0n) is 10.7. The maximum Gasteiger partial charge on any atom is 0.123 e. The van der Waals surface area contributed by atoms with Gasteiger partial charge in [-0.2, -0.15) is 0 Å². The summed E-state index contributed by atoms with van der Waals surface area (Å²) >= 11 is 0. The number of anilines is 1. The van der Waals surface area contributed by atoms with Gasteiger partial charge in [-0.1, -0.05) is 6.92 Å². The quantitative estimate of drug-likeness (QED) is 0.817. The van der Waals surface area contributed by atoms with E-state index >= 15 is 0 Å². The lowest BCUT2D eigenvalue weighted by Crippen LogP contribution is -2.28. The van der Waals surface area contributed by atoms with Crippen LogP contribution in [0.3, 0.4) is 0 Å². The lowest BCUT2D eigenvalue weighted by atomic mass is 10.1. The van der Waals surface area contributed by atoms with Crippen LogP contribution in [-0.2, 0) is 6.54 Å². The molecule has 1 aromatic rings. The fraction of sp³-hybridized carbons (Fsp3) is 0.571. The summed E-state index contributed by atoms with van der Waals surface area (Å²) in [4.78, 5) is 2.44. The van der Waals surface area contributed by atoms with E-state index in [9.17, 15) is 4.39 Å². The second-order valence-electron chi connectivity index (χ2n) is 4.73. The summed E-state index contributed by atoms with van der Waals surface area (Å²) in [6.45, 7) is 3.98. The molecule has 0 unspecified atom stereocenters. The van der Waals surface area contributed by atoms with E-state index in [0.29, 0.717) is 6.04 Å². The molecule has 0 bridgehead atoms. The molecule has 0 heterocycles. The van der Waals surface area contributed by atoms with Crippen LogP contribution in [0.15, 0.2) is 18.2 Å². The maximum absolute atomic E-state index is 13.3. The van der Waals surface area contributed by atoms with Crippen molar-refractivity contribution in [3.05, 3.63) is 29.6 Å². The van der Waals surface area contributed by atoms with Gasteiger partial charge in [0.05, 0.1) is 0 Å². The van der Waals surface area contributed by atoms with E-state index in [1.807, 2.05) is 13.1 Å². The van der Waals surface area contributed by atoms with Gasteiger partial charge in [-0.05, 0) is 50.1 Å². The van der Waals surface area contributed by atoms with Crippen molar-refractivity contribution in [3.8, 4) is 0 Å². The Hall–Kier alpha value is -1.09. The Balaban J connectivity index is 2.27. The highest BCUT2D eigenvalue weighted by molar-refractivity contribution is 5.55. The zero-order chi connectivity index (χ0) is 12.3. The molecule has 94 valence electrons. The Morgan fingerprint density at radius 1 is 1.41 bits per heavy atom. The summed E-state index contributed by atoms with van der Waals surface area (Å²) in [7, 11) is 1.90. The molecule has 1 aliphatic rings. The van der Waals surface area contributed by atoms with Gasteiger partial charge < -0.3 is 10.2 Å². The van der Waals surface area contributed by atoms with E-state index in [1.165, 1.54) is 18.5 Å². The van der Waals surface area contributed by atoms with Crippen molar-refractivity contribution < 1.29 is 4.39 Å². The van der Waals surface area contributed by atoms with E-state index in [1.54, 1.807) is 12.1 Å². The van der Waals surface area contributed by atoms with Crippen molar-refractivity contribution >= 4 is 5.69 Å². The molecule has 1 N–H and O–H groups in total. The molecule has 17 heavy (non-hydrogen) atoms. The molecule has 0 aliphatic heterocycles. The molecule has 0 atom stereocenters. The molecule has 1 aliphatic carbocycles. The average Bonchev–Trinajstić information content (AvgIpc) is 3.11. The van der Waals surface area contributed by atoms with Crippen LogP contribution < -0.4 is 10.2 Å². The maximum atomic E-state index is 13.3. The van der Waals surface area contributed by atoms with Crippen molar-refractivity contribution in [1.29, 1.82) is 0 Å². The topological polar surface area (TPSA) is 15.3 Å². The summed E-state index contributed by atoms with van der Waals surface area (Å²) in [5, 5.41) is 3.11. The van der Waals surface area contributed by atoms with Crippen LogP contribution in [0.2, 0.25) is 0 Å². The van der Waals surface area contributed by atoms with Gasteiger partial charge in [-0.15, -0.1) is 0 Å². The Kier molecular flexibility index (Phi) is 4.00. The summed E-state index contributed by atoms with van der Waals surface area (Å²) in [5.74, 6) is -0.147. The molecule has 1 aromatic carbocycles. The predicted octanol–water partition coefficient (Wildman–Crippen LogP) is 2.92. The Labute approximate surface area is 103 Å². The second kappa shape index (κ2) is 5.50. The molecule has 1 fully saturated rings. The summed E-state index contributed by atoms with van der Waals surface area (Å²) in [6, 6.07) is 5.82. The largest absolute Gasteiger partial charge is 0.368 e. The molecule has 2 nitrogen and oxygen atoms in total. The van der Waals surface area contributed by atoms with E-state index in [0.717, 1.165) is 25.1 Å². The first-order valence-electron chi connectivity index (χ1n) is 6.46. The molecule has 0 saturated heterocycles. The van der Waals surface area contributed by atoms with Crippen LogP contribution in [0.4, 0.5) is 10.1 Å². The molecule has 0 radical (unpaired) electrons. The van der Waals surface area contributed by atoms with E-state index in [-0.39, 0.29) is 5.82 Å². The molecule has 0 amide bonds. The Bertz CT molecular complexity index is 374. The van der Waals surface area contributed by atoms with Gasteiger partial charge in [-0.25, -0.2) is 4.39 Å². The number of nitrogens with one attached hydrogen (secondary N) is 1. The normalized spacial score (nSPS) is 15.0. The second-order valence-corrected chi connectivity index (χ2v) is 4.73. The minimum Gasteiger partial charge on any atom is -0.368 e. The zero-order valence-corrected chi connectivity index (χ0v) is 10.7. The van der Waals surface area contributed by atoms with Crippen molar-refractivity contribution in [2.75, 3.05) is 18.5 Å². The summed E-state index contributed by atoms with van der Waals surface area (Å²) in [5.41, 5.74) is 2.26. The summed E-state index contributed by atoms with van der Waals surface area (Å²) in [6.07, 6.45) is 3.68. The SMILES string of the molecule is CCCN(c1ccc(F)cc1CNC)C1CC1. The standard InChI is InChI=1S/C14H21FN2/c1-3-8-17(13-5-6-13)14-7-4-12(15)9-11(14)10-16-2/h4,7,9,13,16H,3,5-6,8,10H2,1-2H3. The van der Waals surface area contributed by atoms with E-state index < -0.39 is 0 Å². The number of nitrogens with zero attached hydrogens (tertiary/aromatic N) is 1. The van der Waals surface area contributed by atoms with Gasteiger partial charge in [0.25, 0.3) is 0 Å². The lowest BCUT2D eigenvalue weighted by Gasteiger charge is -2.26. The smallest absolute Gasteiger partial charge is 0.123 e. The monoisotopic (exact) mass is 236 g/mol. The molecule has 0 aromatic heterocycles. The van der Waals surface area contributed by atoms with Crippen LogP contribution in [-0.4, -0.2) is 19.6 Å². The molecule has 3 heteroatoms. The Morgan fingerprint density at radius 3 is 2.76 bits per heavy atom. The first-order valence-corrected chi connectivity index (χ1v) is 6.46. The van der Waals surface area contributed by atoms with Gasteiger partial charge in [0.2, 0.25) is 0 Å². The highest BCUT2D eigenvalue weighted by Crippen LogP contribution is 2.34. The van der Waals surface area contributed by atoms with Gasteiger partial charge in [0.15, 0.2) is 0 Å². The van der Waals surface area contributed by atoms with Crippen molar-refractivity contribution in [2.45, 2.75) is 38.8 Å². The van der Waals surface area contributed by atoms with Crippen molar-refractivity contribution in [2.24, 2.45) is 0 Å². The van der Waals surface area contributed by atoms with E-state index in [2.05, 4.69) is 17.1 Å². The highest BCUT2D eigenvalue weighted by atomic mass is 19.1. The average molecular weight is 236 g/mol. The van der Waals surface area contributed by atoms with Gasteiger partial charge >= 0.3 is 0 Å². The van der Waals surface area contributed by atoms with Gasteiger partial charge in [0, 0.05) is 24.8 Å². The van der Waals surface area contributed by atoms with E-state index in [4.69, 9.17) is 0 Å². The number of halogens is 1. The Morgan fingerprint density at radius 2 is 2.18 bits per heavy atom. The minimum absolute atomic E-state index is 0.147. The fourth-order valence-electron chi connectivity index (χ4n) is 2.29. The third kappa shape index (κ3) is 2.97. The lowest BCUT2D eigenvalue weighted by molar-refractivity contribution is 0.622. The van der Waals surface area contributed by atoms with Gasteiger partial charge in [-0.3, -0.25) is 0 Å². The van der Waals surface area contributed by atoms with Crippen LogP contribution in [0.5, 0.6) is 0 Å². The predicted molar refractivity (Wildman–Crippen MR) is 69.8 cm³/mol. The van der Waals surface area contributed by atoms with Gasteiger partial charge in [0.1, 0.15) is 5.82 Å². The minimum atomic E-state index is -0.147. The number of hydrogen-bond donors (Lipinski definition) is 1. The van der Waals surface area contributed by atoms with Crippen LogP contribution in [0.1, 0.15) is 31.7 Å². The molecule has 2 rings (SSSR count). The van der Waals surface area contributed by atoms with Crippen LogP contribution >= 0.6 is 0 Å². The summed E-state index contributed by atoms with van der Waals surface area (Å²) < 4.78 is 13.3. The third-order valence-corrected chi connectivity index (χ3v) is 3.17. The third-order valence-electron chi connectivity index (χ3n) is 3.17. The molecule has 0 spiro atoms. The molecular formula is C14H21FN2. The first kappa shape index (κ1) is 12.4. The fourth-order valence-corrected chi connectivity index (χ4v) is 2.29. The van der Waals surface area contributed by atoms with Crippen molar-refractivity contribution in [3.63, 3.8) is 0 Å². The van der Waals surface area contributed by atoms with Crippen LogP contribution in [0.25, 0.3) is 0 Å². The molecular weight excluding hydrogens is 215 g/mol. The number of benzene rings is 1. The molecule has 1 saturated carbocycles. The number of hydrogen-bond acceptors (Lipinski definition) is 2.